The van der Waals surface area contributed by atoms with Crippen LogP contribution in [0.4, 0.5) is 0 Å². The minimum absolute atomic E-state index is 0.000489. The summed E-state index contributed by atoms with van der Waals surface area (Å²) in [4.78, 5) is 68.6. The summed E-state index contributed by atoms with van der Waals surface area (Å²) >= 11 is 0. The van der Waals surface area contributed by atoms with Crippen LogP contribution in [-0.4, -0.2) is 74.0 Å². The third-order valence-electron chi connectivity index (χ3n) is 5.58. The van der Waals surface area contributed by atoms with Crippen molar-refractivity contribution in [3.63, 3.8) is 0 Å². The van der Waals surface area contributed by atoms with E-state index in [-0.39, 0.29) is 25.2 Å². The molecule has 0 bridgehead atoms. The molecule has 13 heteroatoms. The van der Waals surface area contributed by atoms with Crippen LogP contribution < -0.4 is 21.7 Å². The van der Waals surface area contributed by atoms with Crippen LogP contribution >= 0.6 is 0 Å². The normalized spacial score (nSPS) is 14.1. The minimum atomic E-state index is -1.54. The lowest BCUT2D eigenvalue weighted by atomic mass is 10.0. The largest absolute Gasteiger partial charge is 0.481 e. The van der Waals surface area contributed by atoms with E-state index in [0.29, 0.717) is 11.3 Å². The lowest BCUT2D eigenvalue weighted by molar-refractivity contribution is -0.143. The third-order valence-corrected chi connectivity index (χ3v) is 5.58. The van der Waals surface area contributed by atoms with E-state index in [9.17, 15) is 34.2 Å². The lowest BCUT2D eigenvalue weighted by Gasteiger charge is -2.25. The fourth-order valence-electron chi connectivity index (χ4n) is 3.69. The number of carbonyl (C=O) groups excluding carboxylic acids is 3. The number of aliphatic carboxylic acids is 2. The molecule has 0 fully saturated rings. The number of carboxylic acid groups (broad SMARTS) is 2. The van der Waals surface area contributed by atoms with E-state index in [4.69, 9.17) is 5.73 Å². The second kappa shape index (κ2) is 14.5. The van der Waals surface area contributed by atoms with E-state index >= 15 is 0 Å². The average molecular weight is 531 g/mol. The van der Waals surface area contributed by atoms with Crippen LogP contribution in [0.1, 0.15) is 37.9 Å². The Labute approximate surface area is 219 Å². The van der Waals surface area contributed by atoms with E-state index < -0.39 is 60.2 Å². The number of nitrogens with two attached hydrogens (primary N) is 1. The predicted molar refractivity (Wildman–Crippen MR) is 136 cm³/mol. The second-order valence-corrected chi connectivity index (χ2v) is 9.33. The zero-order valence-corrected chi connectivity index (χ0v) is 21.2. The van der Waals surface area contributed by atoms with Crippen molar-refractivity contribution in [1.29, 1.82) is 0 Å². The Morgan fingerprint density at radius 3 is 2.05 bits per heavy atom. The highest BCUT2D eigenvalue weighted by molar-refractivity contribution is 5.95. The van der Waals surface area contributed by atoms with Crippen molar-refractivity contribution in [2.24, 2.45) is 11.7 Å². The molecule has 1 heterocycles. The Morgan fingerprint density at radius 1 is 0.895 bits per heavy atom. The fraction of sp³-hybridized carbons (Fsp3) is 0.440. The molecular formula is C25H34N6O7. The van der Waals surface area contributed by atoms with Crippen LogP contribution in [-0.2, 0) is 36.8 Å². The van der Waals surface area contributed by atoms with Crippen molar-refractivity contribution >= 4 is 29.7 Å². The maximum absolute atomic E-state index is 13.1. The number of nitrogens with one attached hydrogen (secondary N) is 4. The van der Waals surface area contributed by atoms with Crippen molar-refractivity contribution in [1.82, 2.24) is 25.9 Å². The highest BCUT2D eigenvalue weighted by Gasteiger charge is 2.32. The van der Waals surface area contributed by atoms with Gasteiger partial charge in [-0.1, -0.05) is 44.2 Å². The number of aromatic nitrogens is 2. The topological polar surface area (TPSA) is 217 Å². The number of nitrogens with zero attached hydrogens (tertiary/aromatic N) is 1. The highest BCUT2D eigenvalue weighted by atomic mass is 16.4. The van der Waals surface area contributed by atoms with Crippen molar-refractivity contribution in [3.05, 3.63) is 54.1 Å². The number of rotatable bonds is 15. The molecule has 0 saturated carbocycles. The molecule has 0 spiro atoms. The highest BCUT2D eigenvalue weighted by Crippen LogP contribution is 2.09. The first kappa shape index (κ1) is 30.0. The zero-order valence-electron chi connectivity index (χ0n) is 21.2. The maximum atomic E-state index is 13.1. The van der Waals surface area contributed by atoms with E-state index in [1.54, 1.807) is 30.3 Å². The molecule has 3 amide bonds. The van der Waals surface area contributed by atoms with Gasteiger partial charge in [0.25, 0.3) is 0 Å². The smallest absolute Gasteiger partial charge is 0.326 e. The molecule has 2 aromatic rings. The number of hydrogen-bond donors (Lipinski definition) is 7. The molecule has 1 aromatic heterocycles. The summed E-state index contributed by atoms with van der Waals surface area (Å²) in [6.07, 6.45) is 2.36. The summed E-state index contributed by atoms with van der Waals surface area (Å²) in [6, 6.07) is 3.61. The summed E-state index contributed by atoms with van der Waals surface area (Å²) in [7, 11) is 0. The van der Waals surface area contributed by atoms with Gasteiger partial charge in [-0.25, -0.2) is 9.78 Å². The molecule has 1 aromatic carbocycles. The van der Waals surface area contributed by atoms with Crippen molar-refractivity contribution in [2.45, 2.75) is 63.7 Å². The van der Waals surface area contributed by atoms with Crippen LogP contribution in [0.25, 0.3) is 0 Å². The molecular weight excluding hydrogens is 496 g/mol. The summed E-state index contributed by atoms with van der Waals surface area (Å²) in [5.41, 5.74) is 7.14. The summed E-state index contributed by atoms with van der Waals surface area (Å²) in [6.45, 7) is 3.61. The van der Waals surface area contributed by atoms with Gasteiger partial charge in [0.1, 0.15) is 18.1 Å². The number of carbonyl (C=O) groups is 5. The number of aromatic amines is 1. The Hall–Kier alpha value is -4.26. The van der Waals surface area contributed by atoms with Gasteiger partial charge < -0.3 is 36.9 Å². The van der Waals surface area contributed by atoms with Crippen molar-refractivity contribution in [2.75, 3.05) is 0 Å². The van der Waals surface area contributed by atoms with Gasteiger partial charge in [0.2, 0.25) is 17.7 Å². The molecule has 13 nitrogen and oxygen atoms in total. The van der Waals surface area contributed by atoms with E-state index in [0.717, 1.165) is 0 Å². The van der Waals surface area contributed by atoms with Crippen LogP contribution in [0.2, 0.25) is 0 Å². The molecule has 8 N–H and O–H groups in total. The van der Waals surface area contributed by atoms with Gasteiger partial charge in [0, 0.05) is 24.7 Å². The number of benzene rings is 1. The molecule has 0 radical (unpaired) electrons. The van der Waals surface area contributed by atoms with Gasteiger partial charge in [-0.15, -0.1) is 0 Å². The van der Waals surface area contributed by atoms with Gasteiger partial charge in [-0.2, -0.15) is 0 Å². The molecule has 4 unspecified atom stereocenters. The average Bonchev–Trinajstić information content (AvgIpc) is 3.35. The summed E-state index contributed by atoms with van der Waals surface area (Å²) in [5, 5.41) is 26.1. The van der Waals surface area contributed by atoms with E-state index in [1.807, 2.05) is 13.8 Å². The Morgan fingerprint density at radius 2 is 1.50 bits per heavy atom. The van der Waals surface area contributed by atoms with E-state index in [2.05, 4.69) is 25.9 Å². The molecule has 0 aliphatic carbocycles. The Balaban J connectivity index is 2.20. The van der Waals surface area contributed by atoms with Gasteiger partial charge in [0.15, 0.2) is 0 Å². The number of carboxylic acids is 2. The number of hydrogen-bond acceptors (Lipinski definition) is 7. The van der Waals surface area contributed by atoms with Gasteiger partial charge in [-0.05, 0) is 17.9 Å². The molecule has 4 atom stereocenters. The third kappa shape index (κ3) is 10.0. The van der Waals surface area contributed by atoms with Crippen LogP contribution in [0, 0.1) is 5.92 Å². The molecule has 0 aliphatic heterocycles. The summed E-state index contributed by atoms with van der Waals surface area (Å²) in [5.74, 6) is -5.07. The summed E-state index contributed by atoms with van der Waals surface area (Å²) < 4.78 is 0. The quantitative estimate of drug-likeness (QED) is 0.159. The molecule has 206 valence electrons. The lowest BCUT2D eigenvalue weighted by Crippen LogP contribution is -2.58. The van der Waals surface area contributed by atoms with Crippen LogP contribution in [0.5, 0.6) is 0 Å². The first-order valence-electron chi connectivity index (χ1n) is 12.1. The van der Waals surface area contributed by atoms with Crippen LogP contribution in [0.3, 0.4) is 0 Å². The number of imidazole rings is 1. The molecule has 2 rings (SSSR count). The number of amides is 3. The fourth-order valence-corrected chi connectivity index (χ4v) is 3.69. The predicted octanol–water partition coefficient (Wildman–Crippen LogP) is -0.418. The van der Waals surface area contributed by atoms with Gasteiger partial charge >= 0.3 is 11.9 Å². The zero-order chi connectivity index (χ0) is 28.2. The standard InChI is InChI=1S/C25H34N6O7/c1-14(2)8-20(25(37)38)31-23(35)18(9-15-6-4-3-5-7-15)30-24(36)19(11-21(32)33)29-22(34)17(26)10-16-12-27-13-28-16/h3-7,12-14,17-20H,8-11,26H2,1-2H3,(H,27,28)(H,29,34)(H,30,36)(H,31,35)(H,32,33)(H,37,38). The maximum Gasteiger partial charge on any atom is 0.326 e. The minimum Gasteiger partial charge on any atom is -0.481 e. The monoisotopic (exact) mass is 530 g/mol. The van der Waals surface area contributed by atoms with Gasteiger partial charge in [0.05, 0.1) is 18.8 Å². The van der Waals surface area contributed by atoms with Crippen LogP contribution in [0.15, 0.2) is 42.9 Å². The second-order valence-electron chi connectivity index (χ2n) is 9.33. The van der Waals surface area contributed by atoms with Crippen molar-refractivity contribution in [3.8, 4) is 0 Å². The molecule has 38 heavy (non-hydrogen) atoms. The molecule has 0 saturated heterocycles. The first-order valence-corrected chi connectivity index (χ1v) is 12.1. The number of H-pyrrole nitrogens is 1. The van der Waals surface area contributed by atoms with E-state index in [1.165, 1.54) is 12.5 Å². The Kier molecular flexibility index (Phi) is 11.4. The van der Waals surface area contributed by atoms with Gasteiger partial charge in [-0.3, -0.25) is 19.2 Å². The SMILES string of the molecule is CC(C)CC(NC(=O)C(Cc1ccccc1)NC(=O)C(CC(=O)O)NC(=O)C(N)Cc1cnc[nH]1)C(=O)O. The first-order chi connectivity index (χ1) is 18.0. The van der Waals surface area contributed by atoms with Crippen molar-refractivity contribution < 1.29 is 34.2 Å². The Bertz CT molecular complexity index is 1090. The molecule has 0 aliphatic rings.